The number of pyridine rings is 1. The van der Waals surface area contributed by atoms with Crippen LogP contribution in [0.25, 0.3) is 10.9 Å². The predicted octanol–water partition coefficient (Wildman–Crippen LogP) is 1.16. The number of amides is 1. The van der Waals surface area contributed by atoms with Crippen LogP contribution >= 0.6 is 0 Å². The molecule has 6 heteroatoms. The highest BCUT2D eigenvalue weighted by atomic mass is 16.5. The Labute approximate surface area is 121 Å². The van der Waals surface area contributed by atoms with Crippen molar-refractivity contribution in [3.63, 3.8) is 0 Å². The van der Waals surface area contributed by atoms with E-state index in [0.29, 0.717) is 17.4 Å². The van der Waals surface area contributed by atoms with Gasteiger partial charge in [-0.15, -0.1) is 0 Å². The van der Waals surface area contributed by atoms with E-state index in [9.17, 15) is 14.4 Å². The first kappa shape index (κ1) is 14.8. The number of nitrogens with zero attached hydrogens (tertiary/aromatic N) is 1. The molecule has 0 unspecified atom stereocenters. The van der Waals surface area contributed by atoms with E-state index in [1.165, 1.54) is 18.1 Å². The van der Waals surface area contributed by atoms with Gasteiger partial charge in [-0.3, -0.25) is 14.4 Å². The van der Waals surface area contributed by atoms with Crippen LogP contribution in [-0.4, -0.2) is 42.0 Å². The Kier molecular flexibility index (Phi) is 4.37. The first-order chi connectivity index (χ1) is 10.1. The second kappa shape index (κ2) is 6.21. The Morgan fingerprint density at radius 3 is 2.67 bits per heavy atom. The molecular weight excluding hydrogens is 272 g/mol. The molecule has 1 heterocycles. The normalized spacial score (nSPS) is 10.4. The van der Waals surface area contributed by atoms with E-state index in [1.54, 1.807) is 31.2 Å². The van der Waals surface area contributed by atoms with Gasteiger partial charge in [-0.25, -0.2) is 0 Å². The van der Waals surface area contributed by atoms with Gasteiger partial charge in [0.25, 0.3) is 5.91 Å². The standard InChI is InChI=1S/C15H16N2O4/c1-3-17(9-14(19)21-2)15(20)11-8-13(18)16-12-7-5-4-6-10(11)12/h4-8H,3,9H2,1-2H3,(H,16,18). The molecule has 1 amide bonds. The Morgan fingerprint density at radius 1 is 1.29 bits per heavy atom. The minimum absolute atomic E-state index is 0.146. The summed E-state index contributed by atoms with van der Waals surface area (Å²) in [5, 5.41) is 0.644. The topological polar surface area (TPSA) is 79.5 Å². The number of hydrogen-bond donors (Lipinski definition) is 1. The average Bonchev–Trinajstić information content (AvgIpc) is 2.50. The third-order valence-corrected chi connectivity index (χ3v) is 3.20. The second-order valence-electron chi connectivity index (χ2n) is 4.49. The Morgan fingerprint density at radius 2 is 2.00 bits per heavy atom. The summed E-state index contributed by atoms with van der Waals surface area (Å²) in [5.41, 5.74) is 0.508. The summed E-state index contributed by atoms with van der Waals surface area (Å²) in [4.78, 5) is 39.6. The summed E-state index contributed by atoms with van der Waals surface area (Å²) < 4.78 is 4.58. The van der Waals surface area contributed by atoms with E-state index in [1.807, 2.05) is 0 Å². The SMILES string of the molecule is CCN(CC(=O)OC)C(=O)c1cc(=O)[nH]c2ccccc12. The number of H-pyrrole nitrogens is 1. The molecule has 0 saturated carbocycles. The van der Waals surface area contributed by atoms with Crippen molar-refractivity contribution in [3.05, 3.63) is 46.2 Å². The zero-order valence-corrected chi connectivity index (χ0v) is 11.9. The number of hydrogen-bond acceptors (Lipinski definition) is 4. The van der Waals surface area contributed by atoms with Crippen LogP contribution in [0.5, 0.6) is 0 Å². The maximum absolute atomic E-state index is 12.6. The average molecular weight is 288 g/mol. The molecule has 0 radical (unpaired) electrons. The van der Waals surface area contributed by atoms with Crippen LogP contribution in [-0.2, 0) is 9.53 Å². The molecule has 0 aliphatic rings. The van der Waals surface area contributed by atoms with Gasteiger partial charge in [0, 0.05) is 23.5 Å². The molecule has 2 aromatic rings. The van der Waals surface area contributed by atoms with Gasteiger partial charge in [-0.05, 0) is 13.0 Å². The lowest BCUT2D eigenvalue weighted by molar-refractivity contribution is -0.141. The molecule has 110 valence electrons. The number of methoxy groups -OCH3 is 1. The summed E-state index contributed by atoms with van der Waals surface area (Å²) in [5.74, 6) is -0.871. The van der Waals surface area contributed by atoms with Crippen LogP contribution in [0.3, 0.4) is 0 Å². The first-order valence-corrected chi connectivity index (χ1v) is 6.55. The van der Waals surface area contributed by atoms with E-state index < -0.39 is 5.97 Å². The number of para-hydroxylation sites is 1. The molecule has 0 bridgehead atoms. The van der Waals surface area contributed by atoms with Crippen LogP contribution < -0.4 is 5.56 Å². The zero-order valence-electron chi connectivity index (χ0n) is 11.9. The molecule has 0 saturated heterocycles. The summed E-state index contributed by atoms with van der Waals surface area (Å²) >= 11 is 0. The largest absolute Gasteiger partial charge is 0.468 e. The number of carbonyl (C=O) groups excluding carboxylic acids is 2. The van der Waals surface area contributed by atoms with Gasteiger partial charge in [0.15, 0.2) is 0 Å². The monoisotopic (exact) mass is 288 g/mol. The number of benzene rings is 1. The Balaban J connectivity index is 2.47. The molecule has 6 nitrogen and oxygen atoms in total. The number of rotatable bonds is 4. The molecule has 0 aliphatic carbocycles. The molecule has 21 heavy (non-hydrogen) atoms. The molecule has 1 aromatic carbocycles. The van der Waals surface area contributed by atoms with Gasteiger partial charge < -0.3 is 14.6 Å². The van der Waals surface area contributed by atoms with Crippen molar-refractivity contribution < 1.29 is 14.3 Å². The Hall–Kier alpha value is -2.63. The minimum Gasteiger partial charge on any atom is -0.468 e. The number of fused-ring (bicyclic) bond motifs is 1. The number of esters is 1. The second-order valence-corrected chi connectivity index (χ2v) is 4.49. The van der Waals surface area contributed by atoms with Crippen LogP contribution in [0.4, 0.5) is 0 Å². The summed E-state index contributed by atoms with van der Waals surface area (Å²) in [6.07, 6.45) is 0. The first-order valence-electron chi connectivity index (χ1n) is 6.55. The molecular formula is C15H16N2O4. The van der Waals surface area contributed by atoms with E-state index in [0.717, 1.165) is 0 Å². The molecule has 0 atom stereocenters. The van der Waals surface area contributed by atoms with E-state index in [2.05, 4.69) is 9.72 Å². The van der Waals surface area contributed by atoms with Gasteiger partial charge in [0.05, 0.1) is 12.7 Å². The third kappa shape index (κ3) is 3.10. The summed E-state index contributed by atoms with van der Waals surface area (Å²) in [6, 6.07) is 8.30. The lowest BCUT2D eigenvalue weighted by atomic mass is 10.1. The van der Waals surface area contributed by atoms with Crippen molar-refractivity contribution >= 4 is 22.8 Å². The van der Waals surface area contributed by atoms with Crippen LogP contribution in [0.1, 0.15) is 17.3 Å². The number of likely N-dealkylation sites (N-methyl/N-ethyl adjacent to an activating group) is 1. The maximum atomic E-state index is 12.6. The Bertz CT molecular complexity index is 736. The maximum Gasteiger partial charge on any atom is 0.325 e. The van der Waals surface area contributed by atoms with E-state index in [4.69, 9.17) is 0 Å². The highest BCUT2D eigenvalue weighted by Crippen LogP contribution is 2.16. The van der Waals surface area contributed by atoms with Gasteiger partial charge in [-0.1, -0.05) is 18.2 Å². The highest BCUT2D eigenvalue weighted by Gasteiger charge is 2.20. The number of ether oxygens (including phenoxy) is 1. The van der Waals surface area contributed by atoms with Gasteiger partial charge in [-0.2, -0.15) is 0 Å². The number of aromatic nitrogens is 1. The van der Waals surface area contributed by atoms with E-state index in [-0.39, 0.29) is 23.6 Å². The van der Waals surface area contributed by atoms with Crippen LogP contribution in [0, 0.1) is 0 Å². The van der Waals surface area contributed by atoms with Crippen molar-refractivity contribution in [1.29, 1.82) is 0 Å². The number of carbonyl (C=O) groups is 2. The fraction of sp³-hybridized carbons (Fsp3) is 0.267. The number of aromatic amines is 1. The van der Waals surface area contributed by atoms with Gasteiger partial charge >= 0.3 is 5.97 Å². The zero-order chi connectivity index (χ0) is 15.4. The summed E-state index contributed by atoms with van der Waals surface area (Å²) in [6.45, 7) is 1.96. The smallest absolute Gasteiger partial charge is 0.325 e. The molecule has 1 N–H and O–H groups in total. The van der Waals surface area contributed by atoms with Crippen molar-refractivity contribution in [2.45, 2.75) is 6.92 Å². The van der Waals surface area contributed by atoms with Crippen LogP contribution in [0.15, 0.2) is 35.1 Å². The van der Waals surface area contributed by atoms with Crippen molar-refractivity contribution in [3.8, 4) is 0 Å². The van der Waals surface area contributed by atoms with Crippen molar-refractivity contribution in [2.75, 3.05) is 20.2 Å². The van der Waals surface area contributed by atoms with E-state index >= 15 is 0 Å². The number of nitrogens with one attached hydrogen (secondary N) is 1. The summed E-state index contributed by atoms with van der Waals surface area (Å²) in [7, 11) is 1.27. The third-order valence-electron chi connectivity index (χ3n) is 3.20. The predicted molar refractivity (Wildman–Crippen MR) is 78.2 cm³/mol. The molecule has 0 aliphatic heterocycles. The van der Waals surface area contributed by atoms with Gasteiger partial charge in [0.2, 0.25) is 5.56 Å². The lowest BCUT2D eigenvalue weighted by Crippen LogP contribution is -2.36. The fourth-order valence-electron chi connectivity index (χ4n) is 2.10. The highest BCUT2D eigenvalue weighted by molar-refractivity contribution is 6.06. The molecule has 0 fully saturated rings. The lowest BCUT2D eigenvalue weighted by Gasteiger charge is -2.20. The van der Waals surface area contributed by atoms with Crippen molar-refractivity contribution in [1.82, 2.24) is 9.88 Å². The van der Waals surface area contributed by atoms with Crippen LogP contribution in [0.2, 0.25) is 0 Å². The quantitative estimate of drug-likeness (QED) is 0.856. The minimum atomic E-state index is -0.501. The molecule has 2 rings (SSSR count). The fourth-order valence-corrected chi connectivity index (χ4v) is 2.10. The molecule has 1 aromatic heterocycles. The van der Waals surface area contributed by atoms with Crippen molar-refractivity contribution in [2.24, 2.45) is 0 Å². The molecule has 0 spiro atoms. The van der Waals surface area contributed by atoms with Gasteiger partial charge in [0.1, 0.15) is 6.54 Å².